The van der Waals surface area contributed by atoms with Crippen LogP contribution in [-0.2, 0) is 0 Å². The fourth-order valence-electron chi connectivity index (χ4n) is 6.53. The molecule has 1 nitrogen and oxygen atoms in total. The van der Waals surface area contributed by atoms with Crippen molar-refractivity contribution in [3.8, 4) is 50.2 Å². The Labute approximate surface area is 265 Å². The van der Waals surface area contributed by atoms with Crippen molar-refractivity contribution in [3.05, 3.63) is 174 Å². The molecule has 0 saturated carbocycles. The average Bonchev–Trinajstić information content (AvgIpc) is 3.42. The van der Waals surface area contributed by atoms with E-state index in [1.807, 2.05) is 0 Å². The van der Waals surface area contributed by atoms with Crippen LogP contribution in [-0.4, -0.2) is 4.57 Å². The minimum Gasteiger partial charge on any atom is -0.309 e. The predicted octanol–water partition coefficient (Wildman–Crippen LogP) is 12.2. The van der Waals surface area contributed by atoms with E-state index in [1.165, 1.54) is 72.0 Å². The topological polar surface area (TPSA) is 4.93 Å². The van der Waals surface area contributed by atoms with Crippen LogP contribution in [0.15, 0.2) is 174 Å². The van der Waals surface area contributed by atoms with E-state index in [2.05, 4.69) is 190 Å². The van der Waals surface area contributed by atoms with Gasteiger partial charge in [-0.25, -0.2) is 0 Å². The van der Waals surface area contributed by atoms with Crippen LogP contribution < -0.4 is 0 Å². The number of aromatic nitrogens is 1. The number of hydrogen-bond acceptors (Lipinski definition) is 0. The first-order chi connectivity index (χ1) is 21.8. The van der Waals surface area contributed by atoms with E-state index in [0.29, 0.717) is 0 Å². The lowest BCUT2D eigenvalue weighted by Crippen LogP contribution is -1.98. The fraction of sp³-hybridized carbons (Fsp3) is 0. The fourth-order valence-corrected chi connectivity index (χ4v) is 7.03. The lowest BCUT2D eigenvalue weighted by Gasteiger charge is -2.17. The quantitative estimate of drug-likeness (QED) is 0.179. The highest BCUT2D eigenvalue weighted by atomic mass is 79.9. The lowest BCUT2D eigenvalue weighted by atomic mass is 9.93. The molecule has 8 aromatic rings. The number of para-hydroxylation sites is 2. The SMILES string of the molecule is Brc1ccccc1-c1ccccc1-c1ccc2c3ccccc3n(-c3ccccc3-c3ccccc3-c3ccccc3)c2c1. The van der Waals surface area contributed by atoms with Gasteiger partial charge in [0.2, 0.25) is 0 Å². The second kappa shape index (κ2) is 11.1. The van der Waals surface area contributed by atoms with Gasteiger partial charge in [-0.3, -0.25) is 0 Å². The van der Waals surface area contributed by atoms with Gasteiger partial charge in [-0.2, -0.15) is 0 Å². The van der Waals surface area contributed by atoms with Crippen molar-refractivity contribution in [2.24, 2.45) is 0 Å². The molecule has 2 heteroatoms. The summed E-state index contributed by atoms with van der Waals surface area (Å²) in [6.07, 6.45) is 0. The van der Waals surface area contributed by atoms with Gasteiger partial charge in [0.25, 0.3) is 0 Å². The van der Waals surface area contributed by atoms with Gasteiger partial charge < -0.3 is 4.57 Å². The van der Waals surface area contributed by atoms with Crippen molar-refractivity contribution in [1.82, 2.24) is 4.57 Å². The molecule has 0 radical (unpaired) electrons. The Morgan fingerprint density at radius 1 is 0.341 bits per heavy atom. The molecular formula is C42H28BrN. The maximum atomic E-state index is 3.79. The van der Waals surface area contributed by atoms with Crippen molar-refractivity contribution in [2.75, 3.05) is 0 Å². The normalized spacial score (nSPS) is 11.3. The molecule has 0 aliphatic heterocycles. The Bertz CT molecular complexity index is 2290. The van der Waals surface area contributed by atoms with Crippen LogP contribution in [0.3, 0.4) is 0 Å². The van der Waals surface area contributed by atoms with Crippen LogP contribution in [0.5, 0.6) is 0 Å². The van der Waals surface area contributed by atoms with Gasteiger partial charge in [-0.15, -0.1) is 0 Å². The van der Waals surface area contributed by atoms with Crippen LogP contribution in [0, 0.1) is 0 Å². The number of rotatable bonds is 5. The molecule has 0 fully saturated rings. The molecular weight excluding hydrogens is 598 g/mol. The Kier molecular flexibility index (Phi) is 6.70. The molecule has 0 spiro atoms. The van der Waals surface area contributed by atoms with Crippen molar-refractivity contribution in [1.29, 1.82) is 0 Å². The van der Waals surface area contributed by atoms with Gasteiger partial charge in [0.05, 0.1) is 16.7 Å². The van der Waals surface area contributed by atoms with Crippen molar-refractivity contribution >= 4 is 37.7 Å². The Morgan fingerprint density at radius 3 is 1.61 bits per heavy atom. The van der Waals surface area contributed by atoms with Crippen molar-refractivity contribution in [2.45, 2.75) is 0 Å². The molecule has 0 N–H and O–H groups in total. The summed E-state index contributed by atoms with van der Waals surface area (Å²) in [6.45, 7) is 0. The molecule has 1 aromatic heterocycles. The summed E-state index contributed by atoms with van der Waals surface area (Å²) in [5.74, 6) is 0. The number of halogens is 1. The van der Waals surface area contributed by atoms with Gasteiger partial charge in [-0.05, 0) is 63.2 Å². The van der Waals surface area contributed by atoms with E-state index in [9.17, 15) is 0 Å². The molecule has 0 unspecified atom stereocenters. The molecule has 44 heavy (non-hydrogen) atoms. The van der Waals surface area contributed by atoms with Gasteiger partial charge in [-0.1, -0.05) is 162 Å². The van der Waals surface area contributed by atoms with Crippen molar-refractivity contribution < 1.29 is 0 Å². The van der Waals surface area contributed by atoms with Gasteiger partial charge in [0, 0.05) is 20.8 Å². The predicted molar refractivity (Wildman–Crippen MR) is 190 cm³/mol. The van der Waals surface area contributed by atoms with Gasteiger partial charge in [0.15, 0.2) is 0 Å². The Morgan fingerprint density at radius 2 is 0.864 bits per heavy atom. The Balaban J connectivity index is 1.40. The first-order valence-corrected chi connectivity index (χ1v) is 15.7. The van der Waals surface area contributed by atoms with Gasteiger partial charge >= 0.3 is 0 Å². The minimum absolute atomic E-state index is 1.09. The molecule has 1 heterocycles. The summed E-state index contributed by atoms with van der Waals surface area (Å²) in [5, 5.41) is 2.49. The molecule has 0 amide bonds. The summed E-state index contributed by atoms with van der Waals surface area (Å²) in [5.41, 5.74) is 13.2. The smallest absolute Gasteiger partial charge is 0.0547 e. The summed E-state index contributed by atoms with van der Waals surface area (Å²) in [6, 6.07) is 61.0. The van der Waals surface area contributed by atoms with Crippen LogP contribution in [0.25, 0.3) is 72.0 Å². The molecule has 0 saturated heterocycles. The molecule has 8 rings (SSSR count). The summed E-state index contributed by atoms with van der Waals surface area (Å²) < 4.78 is 3.54. The van der Waals surface area contributed by atoms with Crippen molar-refractivity contribution in [3.63, 3.8) is 0 Å². The van der Waals surface area contributed by atoms with E-state index in [-0.39, 0.29) is 0 Å². The van der Waals surface area contributed by atoms with Crippen LogP contribution in [0.2, 0.25) is 0 Å². The zero-order valence-corrected chi connectivity index (χ0v) is 25.6. The highest BCUT2D eigenvalue weighted by Gasteiger charge is 2.18. The second-order valence-corrected chi connectivity index (χ2v) is 11.9. The second-order valence-electron chi connectivity index (χ2n) is 11.0. The average molecular weight is 627 g/mol. The van der Waals surface area contributed by atoms with E-state index in [1.54, 1.807) is 0 Å². The van der Waals surface area contributed by atoms with E-state index in [0.717, 1.165) is 4.47 Å². The molecule has 208 valence electrons. The Hall–Kier alpha value is -5.18. The van der Waals surface area contributed by atoms with E-state index in [4.69, 9.17) is 0 Å². The van der Waals surface area contributed by atoms with E-state index >= 15 is 0 Å². The first-order valence-electron chi connectivity index (χ1n) is 14.9. The molecule has 0 bridgehead atoms. The third-order valence-electron chi connectivity index (χ3n) is 8.52. The maximum Gasteiger partial charge on any atom is 0.0547 e. The summed E-state index contributed by atoms with van der Waals surface area (Å²) in [4.78, 5) is 0. The first kappa shape index (κ1) is 26.4. The standard InChI is InChI=1S/C42H28BrN/c43-39-23-11-8-20-35(39)33-18-6-5-17-32(33)30-26-27-38-37-22-10-13-25-41(37)44(42(38)28-30)40-24-12-9-21-36(40)34-19-7-4-16-31(34)29-14-2-1-3-15-29/h1-28H. The highest BCUT2D eigenvalue weighted by molar-refractivity contribution is 9.10. The third-order valence-corrected chi connectivity index (χ3v) is 9.21. The number of benzene rings is 7. The molecule has 0 atom stereocenters. The van der Waals surface area contributed by atoms with Gasteiger partial charge in [0.1, 0.15) is 0 Å². The molecule has 0 aliphatic rings. The summed E-state index contributed by atoms with van der Waals surface area (Å²) >= 11 is 3.79. The van der Waals surface area contributed by atoms with Crippen LogP contribution >= 0.6 is 15.9 Å². The number of hydrogen-bond donors (Lipinski definition) is 0. The lowest BCUT2D eigenvalue weighted by molar-refractivity contribution is 1.18. The zero-order chi connectivity index (χ0) is 29.5. The van der Waals surface area contributed by atoms with E-state index < -0.39 is 0 Å². The molecule has 7 aromatic carbocycles. The summed E-state index contributed by atoms with van der Waals surface area (Å²) in [7, 11) is 0. The molecule has 0 aliphatic carbocycles. The zero-order valence-electron chi connectivity index (χ0n) is 24.0. The van der Waals surface area contributed by atoms with Crippen LogP contribution in [0.1, 0.15) is 0 Å². The number of nitrogens with zero attached hydrogens (tertiary/aromatic N) is 1. The number of fused-ring (bicyclic) bond motifs is 3. The maximum absolute atomic E-state index is 3.79. The largest absolute Gasteiger partial charge is 0.309 e. The highest BCUT2D eigenvalue weighted by Crippen LogP contribution is 2.42. The minimum atomic E-state index is 1.09. The van der Waals surface area contributed by atoms with Crippen LogP contribution in [0.4, 0.5) is 0 Å². The monoisotopic (exact) mass is 625 g/mol. The third kappa shape index (κ3) is 4.47.